The standard InChI is InChI=1S/C11H17NO2/c1-12-7-9-3-2-5-14-11(9)10-4-6-13-8-10/h4,6,8-9,11-12H,2-3,5,7H2,1H3. The van der Waals surface area contributed by atoms with E-state index in [1.165, 1.54) is 18.4 Å². The van der Waals surface area contributed by atoms with Crippen molar-refractivity contribution in [1.29, 1.82) is 0 Å². The number of hydrogen-bond donors (Lipinski definition) is 1. The summed E-state index contributed by atoms with van der Waals surface area (Å²) in [6.45, 7) is 1.88. The van der Waals surface area contributed by atoms with Crippen LogP contribution in [0.3, 0.4) is 0 Å². The highest BCUT2D eigenvalue weighted by molar-refractivity contribution is 5.11. The van der Waals surface area contributed by atoms with Gasteiger partial charge in [0.05, 0.1) is 18.6 Å². The number of furan rings is 1. The van der Waals surface area contributed by atoms with Gasteiger partial charge in [-0.3, -0.25) is 0 Å². The topological polar surface area (TPSA) is 34.4 Å². The molecule has 1 aliphatic rings. The predicted octanol–water partition coefficient (Wildman–Crippen LogP) is 1.97. The molecule has 0 aromatic carbocycles. The molecule has 2 rings (SSSR count). The van der Waals surface area contributed by atoms with E-state index in [1.807, 2.05) is 13.1 Å². The molecule has 3 nitrogen and oxygen atoms in total. The molecule has 0 bridgehead atoms. The molecule has 1 saturated heterocycles. The van der Waals surface area contributed by atoms with Crippen LogP contribution in [0.1, 0.15) is 24.5 Å². The molecule has 0 aliphatic carbocycles. The van der Waals surface area contributed by atoms with E-state index in [0.717, 1.165) is 13.2 Å². The molecule has 1 aliphatic heterocycles. The number of rotatable bonds is 3. The molecule has 2 unspecified atom stereocenters. The van der Waals surface area contributed by atoms with Gasteiger partial charge in [-0.05, 0) is 26.0 Å². The third-order valence-corrected chi connectivity index (χ3v) is 2.78. The van der Waals surface area contributed by atoms with Crippen LogP contribution in [-0.4, -0.2) is 20.2 Å². The van der Waals surface area contributed by atoms with Crippen LogP contribution < -0.4 is 5.32 Å². The van der Waals surface area contributed by atoms with Gasteiger partial charge in [-0.15, -0.1) is 0 Å². The van der Waals surface area contributed by atoms with Gasteiger partial charge in [-0.1, -0.05) is 0 Å². The zero-order valence-electron chi connectivity index (χ0n) is 8.53. The highest BCUT2D eigenvalue weighted by atomic mass is 16.5. The fourth-order valence-corrected chi connectivity index (χ4v) is 2.12. The van der Waals surface area contributed by atoms with Gasteiger partial charge >= 0.3 is 0 Å². The van der Waals surface area contributed by atoms with Crippen molar-refractivity contribution in [3.05, 3.63) is 24.2 Å². The van der Waals surface area contributed by atoms with E-state index in [0.29, 0.717) is 5.92 Å². The summed E-state index contributed by atoms with van der Waals surface area (Å²) in [6.07, 6.45) is 6.12. The maximum absolute atomic E-state index is 5.79. The molecule has 0 radical (unpaired) electrons. The van der Waals surface area contributed by atoms with Crippen molar-refractivity contribution in [2.75, 3.05) is 20.2 Å². The van der Waals surface area contributed by atoms with Crippen molar-refractivity contribution in [2.45, 2.75) is 18.9 Å². The molecular formula is C11H17NO2. The third kappa shape index (κ3) is 1.99. The van der Waals surface area contributed by atoms with Gasteiger partial charge in [0, 0.05) is 24.6 Å². The van der Waals surface area contributed by atoms with Crippen LogP contribution in [-0.2, 0) is 4.74 Å². The molecular weight excluding hydrogens is 178 g/mol. The summed E-state index contributed by atoms with van der Waals surface area (Å²) in [5.41, 5.74) is 1.17. The molecule has 14 heavy (non-hydrogen) atoms. The van der Waals surface area contributed by atoms with E-state index in [2.05, 4.69) is 5.32 Å². The van der Waals surface area contributed by atoms with Crippen LogP contribution in [0.5, 0.6) is 0 Å². The van der Waals surface area contributed by atoms with Crippen molar-refractivity contribution >= 4 is 0 Å². The van der Waals surface area contributed by atoms with Crippen molar-refractivity contribution < 1.29 is 9.15 Å². The van der Waals surface area contributed by atoms with Crippen LogP contribution in [0, 0.1) is 5.92 Å². The van der Waals surface area contributed by atoms with Crippen molar-refractivity contribution in [2.24, 2.45) is 5.92 Å². The first-order valence-corrected chi connectivity index (χ1v) is 5.20. The molecule has 1 aromatic heterocycles. The van der Waals surface area contributed by atoms with Gasteiger partial charge in [0.25, 0.3) is 0 Å². The number of ether oxygens (including phenoxy) is 1. The van der Waals surface area contributed by atoms with Gasteiger partial charge in [0.1, 0.15) is 0 Å². The lowest BCUT2D eigenvalue weighted by atomic mass is 9.91. The average Bonchev–Trinajstić information content (AvgIpc) is 2.72. The second-order valence-electron chi connectivity index (χ2n) is 3.81. The van der Waals surface area contributed by atoms with Gasteiger partial charge < -0.3 is 14.5 Å². The number of nitrogens with one attached hydrogen (secondary N) is 1. The van der Waals surface area contributed by atoms with Gasteiger partial charge in [0.2, 0.25) is 0 Å². The Hall–Kier alpha value is -0.800. The summed E-state index contributed by atoms with van der Waals surface area (Å²) >= 11 is 0. The van der Waals surface area contributed by atoms with Crippen LogP contribution in [0.25, 0.3) is 0 Å². The fraction of sp³-hybridized carbons (Fsp3) is 0.636. The van der Waals surface area contributed by atoms with E-state index in [-0.39, 0.29) is 6.10 Å². The summed E-state index contributed by atoms with van der Waals surface area (Å²) in [4.78, 5) is 0. The maximum atomic E-state index is 5.79. The maximum Gasteiger partial charge on any atom is 0.0960 e. The van der Waals surface area contributed by atoms with Crippen LogP contribution >= 0.6 is 0 Å². The lowest BCUT2D eigenvalue weighted by Gasteiger charge is -2.30. The molecule has 78 valence electrons. The zero-order valence-corrected chi connectivity index (χ0v) is 8.53. The summed E-state index contributed by atoms with van der Waals surface area (Å²) < 4.78 is 10.9. The Kier molecular flexibility index (Phi) is 3.22. The minimum atomic E-state index is 0.218. The first-order chi connectivity index (χ1) is 6.92. The Bertz CT molecular complexity index is 256. The summed E-state index contributed by atoms with van der Waals surface area (Å²) in [7, 11) is 1.99. The van der Waals surface area contributed by atoms with E-state index in [4.69, 9.17) is 9.15 Å². The van der Waals surface area contributed by atoms with Crippen molar-refractivity contribution in [1.82, 2.24) is 5.32 Å². The van der Waals surface area contributed by atoms with E-state index in [9.17, 15) is 0 Å². The largest absolute Gasteiger partial charge is 0.472 e. The fourth-order valence-electron chi connectivity index (χ4n) is 2.12. The molecule has 0 amide bonds. The highest BCUT2D eigenvalue weighted by Gasteiger charge is 2.27. The minimum Gasteiger partial charge on any atom is -0.472 e. The van der Waals surface area contributed by atoms with Crippen molar-refractivity contribution in [3.8, 4) is 0 Å². The first-order valence-electron chi connectivity index (χ1n) is 5.20. The molecule has 0 saturated carbocycles. The van der Waals surface area contributed by atoms with E-state index >= 15 is 0 Å². The third-order valence-electron chi connectivity index (χ3n) is 2.78. The molecule has 1 fully saturated rings. The lowest BCUT2D eigenvalue weighted by Crippen LogP contribution is -2.30. The second-order valence-corrected chi connectivity index (χ2v) is 3.81. The van der Waals surface area contributed by atoms with Gasteiger partial charge in [0.15, 0.2) is 0 Å². The molecule has 2 atom stereocenters. The predicted molar refractivity (Wildman–Crippen MR) is 54.1 cm³/mol. The smallest absolute Gasteiger partial charge is 0.0960 e. The average molecular weight is 195 g/mol. The van der Waals surface area contributed by atoms with Crippen molar-refractivity contribution in [3.63, 3.8) is 0 Å². The lowest BCUT2D eigenvalue weighted by molar-refractivity contribution is -0.0275. The SMILES string of the molecule is CNCC1CCCOC1c1ccoc1. The van der Waals surface area contributed by atoms with Crippen LogP contribution in [0.4, 0.5) is 0 Å². The normalized spacial score (nSPS) is 27.8. The molecule has 0 spiro atoms. The second kappa shape index (κ2) is 4.62. The minimum absolute atomic E-state index is 0.218. The number of hydrogen-bond acceptors (Lipinski definition) is 3. The molecule has 2 heterocycles. The summed E-state index contributed by atoms with van der Waals surface area (Å²) in [5.74, 6) is 0.575. The summed E-state index contributed by atoms with van der Waals surface area (Å²) in [5, 5.41) is 3.22. The van der Waals surface area contributed by atoms with Gasteiger partial charge in [-0.2, -0.15) is 0 Å². The zero-order chi connectivity index (χ0) is 9.80. The Morgan fingerprint density at radius 2 is 2.50 bits per heavy atom. The van der Waals surface area contributed by atoms with Crippen LogP contribution in [0.2, 0.25) is 0 Å². The van der Waals surface area contributed by atoms with Crippen LogP contribution in [0.15, 0.2) is 23.0 Å². The quantitative estimate of drug-likeness (QED) is 0.800. The Morgan fingerprint density at radius 3 is 3.21 bits per heavy atom. The Balaban J connectivity index is 2.06. The van der Waals surface area contributed by atoms with E-state index < -0.39 is 0 Å². The monoisotopic (exact) mass is 195 g/mol. The Morgan fingerprint density at radius 1 is 1.57 bits per heavy atom. The molecule has 1 aromatic rings. The van der Waals surface area contributed by atoms with E-state index in [1.54, 1.807) is 12.5 Å². The molecule has 3 heteroatoms. The Labute approximate surface area is 84.4 Å². The van der Waals surface area contributed by atoms with Gasteiger partial charge in [-0.25, -0.2) is 0 Å². The summed E-state index contributed by atoms with van der Waals surface area (Å²) in [6, 6.07) is 2.00. The molecule has 1 N–H and O–H groups in total. The highest BCUT2D eigenvalue weighted by Crippen LogP contribution is 2.33. The first kappa shape index (κ1) is 9.74.